The first-order chi connectivity index (χ1) is 14.2. The Morgan fingerprint density at radius 2 is 1.83 bits per heavy atom. The van der Waals surface area contributed by atoms with Crippen LogP contribution in [-0.2, 0) is 11.3 Å². The Morgan fingerprint density at radius 1 is 1.03 bits per heavy atom. The molecule has 0 unspecified atom stereocenters. The fraction of sp³-hybridized carbons (Fsp3) is 0.261. The summed E-state index contributed by atoms with van der Waals surface area (Å²) in [6, 6.07) is 17.4. The molecule has 2 aromatic carbocycles. The highest BCUT2D eigenvalue weighted by atomic mass is 32.1. The molecule has 1 fully saturated rings. The van der Waals surface area contributed by atoms with Crippen molar-refractivity contribution >= 4 is 28.1 Å². The highest BCUT2D eigenvalue weighted by Gasteiger charge is 2.17. The van der Waals surface area contributed by atoms with Gasteiger partial charge in [0.1, 0.15) is 5.82 Å². The molecule has 0 N–H and O–H groups in total. The average molecular weight is 408 g/mol. The van der Waals surface area contributed by atoms with Gasteiger partial charge in [-0.15, -0.1) is 11.3 Å². The Bertz CT molecular complexity index is 1140. The zero-order valence-corrected chi connectivity index (χ0v) is 17.1. The van der Waals surface area contributed by atoms with Gasteiger partial charge in [-0.05, 0) is 55.0 Å². The second kappa shape index (κ2) is 7.61. The molecule has 29 heavy (non-hydrogen) atoms. The summed E-state index contributed by atoms with van der Waals surface area (Å²) in [6.07, 6.45) is 0. The van der Waals surface area contributed by atoms with Crippen LogP contribution in [0.3, 0.4) is 0 Å². The molecule has 4 aromatic rings. The minimum Gasteiger partial charge on any atom is -0.378 e. The summed E-state index contributed by atoms with van der Waals surface area (Å²) in [6.45, 7) is 6.07. The van der Waals surface area contributed by atoms with Crippen LogP contribution in [0.2, 0.25) is 0 Å². The van der Waals surface area contributed by atoms with Gasteiger partial charge in [0.25, 0.3) is 0 Å². The van der Waals surface area contributed by atoms with Crippen LogP contribution in [0, 0.1) is 12.7 Å². The lowest BCUT2D eigenvalue weighted by molar-refractivity contribution is 0.122. The number of aromatic nitrogens is 2. The summed E-state index contributed by atoms with van der Waals surface area (Å²) in [4.78, 5) is 9.71. The monoisotopic (exact) mass is 407 g/mol. The molecule has 3 heterocycles. The first-order valence-corrected chi connectivity index (χ1v) is 10.6. The van der Waals surface area contributed by atoms with Crippen molar-refractivity contribution in [2.75, 3.05) is 31.2 Å². The van der Waals surface area contributed by atoms with Gasteiger partial charge in [-0.2, -0.15) is 0 Å². The first kappa shape index (κ1) is 18.3. The van der Waals surface area contributed by atoms with E-state index in [4.69, 9.17) is 9.72 Å². The van der Waals surface area contributed by atoms with Gasteiger partial charge in [0.2, 0.25) is 0 Å². The number of halogens is 1. The minimum absolute atomic E-state index is 0.215. The number of benzene rings is 2. The lowest BCUT2D eigenvalue weighted by Gasteiger charge is -2.28. The summed E-state index contributed by atoms with van der Waals surface area (Å²) in [7, 11) is 0. The highest BCUT2D eigenvalue weighted by molar-refractivity contribution is 7.15. The second-order valence-corrected chi connectivity index (χ2v) is 8.62. The number of thiophene rings is 1. The Kier molecular flexibility index (Phi) is 4.81. The maximum Gasteiger partial charge on any atom is 0.151 e. The molecule has 2 aromatic heterocycles. The van der Waals surface area contributed by atoms with Gasteiger partial charge in [-0.3, -0.25) is 0 Å². The number of hydrogen-bond donors (Lipinski definition) is 0. The van der Waals surface area contributed by atoms with Crippen LogP contribution in [0.25, 0.3) is 21.7 Å². The van der Waals surface area contributed by atoms with Crippen LogP contribution < -0.4 is 4.90 Å². The van der Waals surface area contributed by atoms with E-state index in [9.17, 15) is 4.39 Å². The number of morpholine rings is 1. The molecule has 1 saturated heterocycles. The van der Waals surface area contributed by atoms with Crippen LogP contribution in [0.1, 0.15) is 10.4 Å². The summed E-state index contributed by atoms with van der Waals surface area (Å²) < 4.78 is 21.1. The second-order valence-electron chi connectivity index (χ2n) is 7.33. The molecular formula is C23H22FN3OS. The van der Waals surface area contributed by atoms with Gasteiger partial charge >= 0.3 is 0 Å². The third-order valence-corrected chi connectivity index (χ3v) is 6.32. The van der Waals surface area contributed by atoms with Gasteiger partial charge in [0.15, 0.2) is 5.82 Å². The van der Waals surface area contributed by atoms with E-state index in [0.29, 0.717) is 6.54 Å². The van der Waals surface area contributed by atoms with Crippen LogP contribution in [0.15, 0.2) is 54.6 Å². The molecule has 1 aliphatic heterocycles. The average Bonchev–Trinajstić information content (AvgIpc) is 3.33. The van der Waals surface area contributed by atoms with E-state index >= 15 is 0 Å². The number of rotatable bonds is 4. The fourth-order valence-corrected chi connectivity index (χ4v) is 4.67. The van der Waals surface area contributed by atoms with Gasteiger partial charge in [-0.1, -0.05) is 12.1 Å². The first-order valence-electron chi connectivity index (χ1n) is 9.81. The zero-order valence-electron chi connectivity index (χ0n) is 16.3. The summed E-state index contributed by atoms with van der Waals surface area (Å²) in [5, 5.41) is 0. The van der Waals surface area contributed by atoms with Crippen LogP contribution >= 0.6 is 11.3 Å². The third-order valence-electron chi connectivity index (χ3n) is 5.32. The topological polar surface area (TPSA) is 30.3 Å². The highest BCUT2D eigenvalue weighted by Crippen LogP contribution is 2.32. The van der Waals surface area contributed by atoms with Gasteiger partial charge in [0, 0.05) is 30.2 Å². The lowest BCUT2D eigenvalue weighted by atomic mass is 10.2. The number of fused-ring (bicyclic) bond motifs is 1. The summed E-state index contributed by atoms with van der Waals surface area (Å²) >= 11 is 1.75. The van der Waals surface area contributed by atoms with Crippen molar-refractivity contribution < 1.29 is 9.13 Å². The predicted molar refractivity (Wildman–Crippen MR) is 116 cm³/mol. The molecular weight excluding hydrogens is 385 g/mol. The van der Waals surface area contributed by atoms with Gasteiger partial charge in [0.05, 0.1) is 29.1 Å². The number of anilines is 1. The van der Waals surface area contributed by atoms with E-state index in [1.807, 2.05) is 12.1 Å². The Labute approximate surface area is 173 Å². The van der Waals surface area contributed by atoms with E-state index in [0.717, 1.165) is 53.6 Å². The Morgan fingerprint density at radius 3 is 2.55 bits per heavy atom. The maximum absolute atomic E-state index is 13.4. The molecule has 0 saturated carbocycles. The number of ether oxygens (including phenoxy) is 1. The summed E-state index contributed by atoms with van der Waals surface area (Å²) in [5.74, 6) is 0.745. The molecule has 0 radical (unpaired) electrons. The maximum atomic E-state index is 13.4. The zero-order chi connectivity index (χ0) is 19.8. The van der Waals surface area contributed by atoms with Gasteiger partial charge < -0.3 is 14.2 Å². The van der Waals surface area contributed by atoms with Crippen LogP contribution in [0.4, 0.5) is 10.1 Å². The van der Waals surface area contributed by atoms with E-state index < -0.39 is 0 Å². The standard InChI is InChI=1S/C23H22FN3OS/c1-16-2-9-22(29-16)23-25-20-8-7-19(26-10-12-28-13-11-26)14-21(20)27(23)15-17-3-5-18(24)6-4-17/h2-9,14H,10-13,15H2,1H3. The number of hydrogen-bond acceptors (Lipinski definition) is 4. The van der Waals surface area contributed by atoms with Crippen molar-refractivity contribution in [1.82, 2.24) is 9.55 Å². The van der Waals surface area contributed by atoms with Crippen molar-refractivity contribution in [3.63, 3.8) is 0 Å². The van der Waals surface area contributed by atoms with E-state index in [1.54, 1.807) is 11.3 Å². The van der Waals surface area contributed by atoms with E-state index in [2.05, 4.69) is 46.7 Å². The Hall–Kier alpha value is -2.70. The largest absolute Gasteiger partial charge is 0.378 e. The van der Waals surface area contributed by atoms with Crippen LogP contribution in [-0.4, -0.2) is 35.9 Å². The smallest absolute Gasteiger partial charge is 0.151 e. The molecule has 0 bridgehead atoms. The molecule has 4 nitrogen and oxygen atoms in total. The van der Waals surface area contributed by atoms with Crippen molar-refractivity contribution in [1.29, 1.82) is 0 Å². The fourth-order valence-electron chi connectivity index (χ4n) is 3.80. The third kappa shape index (κ3) is 3.66. The van der Waals surface area contributed by atoms with E-state index in [1.165, 1.54) is 22.7 Å². The molecule has 1 aliphatic rings. The molecule has 6 heteroatoms. The molecule has 0 atom stereocenters. The number of nitrogens with zero attached hydrogens (tertiary/aromatic N) is 3. The number of imidazole rings is 1. The molecule has 0 spiro atoms. The van der Waals surface area contributed by atoms with E-state index in [-0.39, 0.29) is 5.82 Å². The Balaban J connectivity index is 1.63. The predicted octanol–water partition coefficient (Wildman–Crippen LogP) is 5.10. The SMILES string of the molecule is Cc1ccc(-c2nc3ccc(N4CCOCC4)cc3n2Cc2ccc(F)cc2)s1. The summed E-state index contributed by atoms with van der Waals surface area (Å²) in [5.41, 5.74) is 4.32. The minimum atomic E-state index is -0.215. The van der Waals surface area contributed by atoms with Gasteiger partial charge in [-0.25, -0.2) is 9.37 Å². The quantitative estimate of drug-likeness (QED) is 0.472. The molecule has 148 valence electrons. The molecule has 0 aliphatic carbocycles. The van der Waals surface area contributed by atoms with Crippen molar-refractivity contribution in [3.8, 4) is 10.7 Å². The van der Waals surface area contributed by atoms with Crippen LogP contribution in [0.5, 0.6) is 0 Å². The number of aryl methyl sites for hydroxylation is 1. The molecule has 0 amide bonds. The van der Waals surface area contributed by atoms with Crippen molar-refractivity contribution in [3.05, 3.63) is 70.9 Å². The normalized spacial score (nSPS) is 14.6. The lowest BCUT2D eigenvalue weighted by Crippen LogP contribution is -2.36. The van der Waals surface area contributed by atoms with Crippen molar-refractivity contribution in [2.24, 2.45) is 0 Å². The molecule has 5 rings (SSSR count). The van der Waals surface area contributed by atoms with Crippen molar-refractivity contribution in [2.45, 2.75) is 13.5 Å².